The average molecular weight is 390 g/mol. The Balaban J connectivity index is 1.35. The van der Waals surface area contributed by atoms with Crippen LogP contribution in [-0.2, 0) is 0 Å². The van der Waals surface area contributed by atoms with E-state index in [1.165, 1.54) is 12.5 Å². The first-order valence-corrected chi connectivity index (χ1v) is 9.94. The quantitative estimate of drug-likeness (QED) is 0.715. The predicted molar refractivity (Wildman–Crippen MR) is 109 cm³/mol. The van der Waals surface area contributed by atoms with Crippen LogP contribution in [0.15, 0.2) is 53.3 Å². The summed E-state index contributed by atoms with van der Waals surface area (Å²) >= 11 is 0. The first-order chi connectivity index (χ1) is 14.2. The first kappa shape index (κ1) is 17.9. The molecule has 1 aromatic carbocycles. The van der Waals surface area contributed by atoms with E-state index in [1.54, 1.807) is 18.2 Å². The summed E-state index contributed by atoms with van der Waals surface area (Å²) in [5, 5.41) is 6.66. The minimum atomic E-state index is -0.233. The monoisotopic (exact) mass is 390 g/mol. The van der Waals surface area contributed by atoms with E-state index in [9.17, 15) is 9.59 Å². The zero-order chi connectivity index (χ0) is 19.8. The van der Waals surface area contributed by atoms with E-state index in [4.69, 9.17) is 4.42 Å². The molecular formula is C22H22N4O3. The number of furan rings is 1. The minimum Gasteiger partial charge on any atom is -0.460 e. The maximum atomic E-state index is 12.8. The highest BCUT2D eigenvalue weighted by Gasteiger charge is 2.35. The largest absolute Gasteiger partial charge is 0.460 e. The fraction of sp³-hybridized carbons (Fsp3) is 0.318. The molecule has 7 nitrogen and oxygen atoms in total. The lowest BCUT2D eigenvalue weighted by Crippen LogP contribution is -2.57. The number of anilines is 1. The number of hydrogen-bond acceptors (Lipinski definition) is 5. The van der Waals surface area contributed by atoms with Gasteiger partial charge < -0.3 is 20.0 Å². The lowest BCUT2D eigenvalue weighted by molar-refractivity contribution is 0.0618. The van der Waals surface area contributed by atoms with Crippen LogP contribution >= 0.6 is 0 Å². The SMILES string of the molecule is O=C(Nc1coc2cnc(C(=O)N[C@H]3CN4CCC3CC4)cc12)c1ccccc1. The number of pyridine rings is 1. The molecule has 2 bridgehead atoms. The van der Waals surface area contributed by atoms with Gasteiger partial charge in [-0.15, -0.1) is 0 Å². The molecule has 2 N–H and O–H groups in total. The van der Waals surface area contributed by atoms with Gasteiger partial charge in [0.25, 0.3) is 11.8 Å². The van der Waals surface area contributed by atoms with Gasteiger partial charge in [-0.25, -0.2) is 4.98 Å². The van der Waals surface area contributed by atoms with Crippen LogP contribution in [0.1, 0.15) is 33.7 Å². The maximum absolute atomic E-state index is 12.8. The zero-order valence-corrected chi connectivity index (χ0v) is 15.9. The zero-order valence-electron chi connectivity index (χ0n) is 15.9. The molecule has 3 aliphatic rings. The molecule has 0 unspecified atom stereocenters. The Morgan fingerprint density at radius 1 is 1.10 bits per heavy atom. The molecule has 148 valence electrons. The molecule has 5 heterocycles. The van der Waals surface area contributed by atoms with E-state index in [2.05, 4.69) is 20.5 Å². The van der Waals surface area contributed by atoms with E-state index >= 15 is 0 Å². The number of rotatable bonds is 4. The number of hydrogen-bond donors (Lipinski definition) is 2. The van der Waals surface area contributed by atoms with E-state index in [-0.39, 0.29) is 17.9 Å². The smallest absolute Gasteiger partial charge is 0.270 e. The van der Waals surface area contributed by atoms with Gasteiger partial charge in [0, 0.05) is 23.5 Å². The third kappa shape index (κ3) is 3.49. The Bertz CT molecular complexity index is 1050. The van der Waals surface area contributed by atoms with Gasteiger partial charge in [0.1, 0.15) is 12.0 Å². The number of nitrogens with zero attached hydrogens (tertiary/aromatic N) is 2. The molecule has 0 radical (unpaired) electrons. The highest BCUT2D eigenvalue weighted by molar-refractivity contribution is 6.09. The van der Waals surface area contributed by atoms with E-state index in [1.807, 2.05) is 18.2 Å². The number of piperidine rings is 3. The van der Waals surface area contributed by atoms with Crippen molar-refractivity contribution < 1.29 is 14.0 Å². The van der Waals surface area contributed by atoms with Crippen LogP contribution in [-0.4, -0.2) is 47.4 Å². The standard InChI is InChI=1S/C22H22N4O3/c27-21(15-4-2-1-3-5-15)25-19-13-29-20-11-23-17(10-16(19)20)22(28)24-18-12-26-8-6-14(18)7-9-26/h1-5,10-11,13-14,18H,6-9,12H2,(H,24,28)(H,25,27)/t18-/m0/s1. The molecule has 6 rings (SSSR count). The highest BCUT2D eigenvalue weighted by atomic mass is 16.3. The second-order valence-corrected chi connectivity index (χ2v) is 7.75. The molecule has 0 spiro atoms. The number of benzene rings is 1. The summed E-state index contributed by atoms with van der Waals surface area (Å²) in [6.07, 6.45) is 5.27. The number of carbonyl (C=O) groups excluding carboxylic acids is 2. The second-order valence-electron chi connectivity index (χ2n) is 7.75. The van der Waals surface area contributed by atoms with Crippen LogP contribution in [0.2, 0.25) is 0 Å². The van der Waals surface area contributed by atoms with Crippen LogP contribution in [0.3, 0.4) is 0 Å². The van der Waals surface area contributed by atoms with Gasteiger partial charge in [-0.1, -0.05) is 18.2 Å². The number of carbonyl (C=O) groups is 2. The molecule has 2 aromatic heterocycles. The van der Waals surface area contributed by atoms with Crippen molar-refractivity contribution in [2.75, 3.05) is 25.0 Å². The van der Waals surface area contributed by atoms with Crippen LogP contribution in [0.4, 0.5) is 5.69 Å². The second kappa shape index (κ2) is 7.33. The van der Waals surface area contributed by atoms with Gasteiger partial charge in [-0.3, -0.25) is 9.59 Å². The fourth-order valence-corrected chi connectivity index (χ4v) is 4.31. The molecule has 7 heteroatoms. The molecule has 0 saturated carbocycles. The van der Waals surface area contributed by atoms with Crippen molar-refractivity contribution >= 4 is 28.5 Å². The van der Waals surface area contributed by atoms with Crippen LogP contribution < -0.4 is 10.6 Å². The molecule has 3 fully saturated rings. The van der Waals surface area contributed by atoms with Crippen molar-refractivity contribution in [3.8, 4) is 0 Å². The van der Waals surface area contributed by atoms with Crippen LogP contribution in [0, 0.1) is 5.92 Å². The van der Waals surface area contributed by atoms with Crippen molar-refractivity contribution in [2.45, 2.75) is 18.9 Å². The lowest BCUT2D eigenvalue weighted by Gasteiger charge is -2.44. The number of aromatic nitrogens is 1. The minimum absolute atomic E-state index is 0.170. The van der Waals surface area contributed by atoms with E-state index in [0.29, 0.717) is 33.8 Å². The Labute approximate surface area is 168 Å². The number of fused-ring (bicyclic) bond motifs is 4. The van der Waals surface area contributed by atoms with Gasteiger partial charge in [0.2, 0.25) is 0 Å². The van der Waals surface area contributed by atoms with Gasteiger partial charge in [0.15, 0.2) is 5.58 Å². The summed E-state index contributed by atoms with van der Waals surface area (Å²) in [7, 11) is 0. The molecule has 0 aliphatic carbocycles. The highest BCUT2D eigenvalue weighted by Crippen LogP contribution is 2.29. The summed E-state index contributed by atoms with van der Waals surface area (Å²) < 4.78 is 5.50. The van der Waals surface area contributed by atoms with Gasteiger partial charge in [-0.2, -0.15) is 0 Å². The molecule has 3 aliphatic heterocycles. The van der Waals surface area contributed by atoms with E-state index in [0.717, 1.165) is 32.5 Å². The van der Waals surface area contributed by atoms with Gasteiger partial charge in [0.05, 0.1) is 11.9 Å². The molecule has 29 heavy (non-hydrogen) atoms. The topological polar surface area (TPSA) is 87.5 Å². The van der Waals surface area contributed by atoms with Crippen LogP contribution in [0.25, 0.3) is 11.0 Å². The van der Waals surface area contributed by atoms with Crippen molar-refractivity contribution in [1.29, 1.82) is 0 Å². The molecule has 3 aromatic rings. The van der Waals surface area contributed by atoms with Gasteiger partial charge in [-0.05, 0) is 50.0 Å². The third-order valence-corrected chi connectivity index (χ3v) is 5.95. The van der Waals surface area contributed by atoms with Crippen LogP contribution in [0.5, 0.6) is 0 Å². The van der Waals surface area contributed by atoms with E-state index < -0.39 is 0 Å². The molecule has 1 atom stereocenters. The van der Waals surface area contributed by atoms with Crippen molar-refractivity contribution in [2.24, 2.45) is 5.92 Å². The van der Waals surface area contributed by atoms with Crippen molar-refractivity contribution in [3.05, 3.63) is 60.1 Å². The average Bonchev–Trinajstić information content (AvgIpc) is 3.17. The lowest BCUT2D eigenvalue weighted by atomic mass is 9.84. The maximum Gasteiger partial charge on any atom is 0.270 e. The molecule has 3 saturated heterocycles. The summed E-state index contributed by atoms with van der Waals surface area (Å²) in [5.74, 6) is 0.123. The van der Waals surface area contributed by atoms with Crippen molar-refractivity contribution in [3.63, 3.8) is 0 Å². The Morgan fingerprint density at radius 3 is 2.62 bits per heavy atom. The number of nitrogens with one attached hydrogen (secondary N) is 2. The first-order valence-electron chi connectivity index (χ1n) is 9.94. The summed E-state index contributed by atoms with van der Waals surface area (Å²) in [6.45, 7) is 3.16. The Morgan fingerprint density at radius 2 is 1.90 bits per heavy atom. The van der Waals surface area contributed by atoms with Gasteiger partial charge >= 0.3 is 0 Å². The normalized spacial score (nSPS) is 23.1. The third-order valence-electron chi connectivity index (χ3n) is 5.95. The molecule has 2 amide bonds. The molecular weight excluding hydrogens is 368 g/mol. The summed E-state index contributed by atoms with van der Waals surface area (Å²) in [4.78, 5) is 31.9. The number of amides is 2. The summed E-state index contributed by atoms with van der Waals surface area (Å²) in [5.41, 5.74) is 1.92. The fourth-order valence-electron chi connectivity index (χ4n) is 4.31. The Kier molecular flexibility index (Phi) is 4.52. The predicted octanol–water partition coefficient (Wildman–Crippen LogP) is 2.90. The summed E-state index contributed by atoms with van der Waals surface area (Å²) in [6, 6.07) is 10.8. The van der Waals surface area contributed by atoms with Crippen molar-refractivity contribution in [1.82, 2.24) is 15.2 Å². The Hall–Kier alpha value is -3.19.